The first kappa shape index (κ1) is 6.03. The Morgan fingerprint density at radius 1 is 1.56 bits per heavy atom. The van der Waals surface area contributed by atoms with Crippen molar-refractivity contribution in [2.24, 2.45) is 5.73 Å². The lowest BCUT2D eigenvalue weighted by atomic mass is 10.5. The Morgan fingerprint density at radius 2 is 2.33 bits per heavy atom. The number of hydrogen-bond acceptors (Lipinski definition) is 4. The van der Waals surface area contributed by atoms with E-state index in [4.69, 9.17) is 5.73 Å². The monoisotopic (exact) mass is 140 g/mol. The van der Waals surface area contributed by atoms with Crippen LogP contribution in [0, 0.1) is 0 Å². The van der Waals surface area contributed by atoms with E-state index in [1.54, 1.807) is 0 Å². The molecule has 5 heteroatoms. The van der Waals surface area contributed by atoms with Crippen molar-refractivity contribution in [1.82, 2.24) is 15.2 Å². The van der Waals surface area contributed by atoms with E-state index < -0.39 is 0 Å². The van der Waals surface area contributed by atoms with Crippen LogP contribution in [0.3, 0.4) is 0 Å². The molecular weight excluding hydrogens is 136 g/mol. The summed E-state index contributed by atoms with van der Waals surface area (Å²) < 4.78 is 0. The van der Waals surface area contributed by atoms with Gasteiger partial charge in [-0.1, -0.05) is 12.2 Å². The van der Waals surface area contributed by atoms with E-state index in [0.717, 1.165) is 0 Å². The number of hydrogen-bond donors (Lipinski definition) is 1. The molecule has 0 saturated heterocycles. The van der Waals surface area contributed by atoms with Gasteiger partial charge in [0.2, 0.25) is 0 Å². The predicted molar refractivity (Wildman–Crippen MR) is 35.7 cm³/mol. The van der Waals surface area contributed by atoms with Gasteiger partial charge < -0.3 is 5.73 Å². The van der Waals surface area contributed by atoms with Crippen molar-refractivity contribution in [2.75, 3.05) is 0 Å². The van der Waals surface area contributed by atoms with Crippen molar-refractivity contribution >= 4 is 17.2 Å². The van der Waals surface area contributed by atoms with Crippen LogP contribution in [-0.2, 0) is 0 Å². The van der Waals surface area contributed by atoms with Gasteiger partial charge in [0.25, 0.3) is 0 Å². The summed E-state index contributed by atoms with van der Waals surface area (Å²) in [6.45, 7) is 0. The molecule has 0 aliphatic carbocycles. The molecule has 0 fully saturated rings. The van der Waals surface area contributed by atoms with Crippen molar-refractivity contribution in [3.8, 4) is 0 Å². The van der Waals surface area contributed by atoms with Crippen LogP contribution in [0.2, 0.25) is 0 Å². The molecule has 0 atom stereocenters. The van der Waals surface area contributed by atoms with E-state index in [0.29, 0.717) is 5.69 Å². The molecule has 0 saturated carbocycles. The second kappa shape index (κ2) is 2.45. The van der Waals surface area contributed by atoms with Gasteiger partial charge in [0.1, 0.15) is 17.0 Å². The van der Waals surface area contributed by atoms with E-state index in [-0.39, 0.29) is 4.99 Å². The second-order valence-corrected chi connectivity index (χ2v) is 1.79. The maximum absolute atomic E-state index is 5.21. The minimum atomic E-state index is 0.241. The molecule has 1 aromatic rings. The number of nitrogens with two attached hydrogens (primary N) is 1. The quantitative estimate of drug-likeness (QED) is 0.533. The third kappa shape index (κ3) is 1.39. The van der Waals surface area contributed by atoms with Gasteiger partial charge in [-0.05, 0) is 0 Å². The standard InChI is InChI=1S/C4H4N4S/c5-4(9)3-1-7-8-2-6-3/h1-2H,(H2,5,9). The van der Waals surface area contributed by atoms with Gasteiger partial charge in [0.05, 0.1) is 6.20 Å². The van der Waals surface area contributed by atoms with Gasteiger partial charge >= 0.3 is 0 Å². The number of aromatic nitrogens is 3. The fourth-order valence-electron chi connectivity index (χ4n) is 0.366. The van der Waals surface area contributed by atoms with Crippen molar-refractivity contribution in [3.63, 3.8) is 0 Å². The minimum absolute atomic E-state index is 0.241. The highest BCUT2D eigenvalue weighted by Gasteiger charge is 1.93. The molecule has 1 aromatic heterocycles. The minimum Gasteiger partial charge on any atom is -0.388 e. The van der Waals surface area contributed by atoms with Crippen molar-refractivity contribution < 1.29 is 0 Å². The molecule has 0 spiro atoms. The Labute approximate surface area is 57.1 Å². The van der Waals surface area contributed by atoms with Gasteiger partial charge in [-0.25, -0.2) is 4.98 Å². The maximum Gasteiger partial charge on any atom is 0.138 e. The number of thiocarbonyl (C=S) groups is 1. The van der Waals surface area contributed by atoms with Crippen molar-refractivity contribution in [1.29, 1.82) is 0 Å². The summed E-state index contributed by atoms with van der Waals surface area (Å²) in [6.07, 6.45) is 2.72. The largest absolute Gasteiger partial charge is 0.388 e. The van der Waals surface area contributed by atoms with E-state index >= 15 is 0 Å². The van der Waals surface area contributed by atoms with Gasteiger partial charge in [0, 0.05) is 0 Å². The van der Waals surface area contributed by atoms with Crippen molar-refractivity contribution in [3.05, 3.63) is 18.2 Å². The fraction of sp³-hybridized carbons (Fsp3) is 0. The first-order chi connectivity index (χ1) is 4.30. The van der Waals surface area contributed by atoms with E-state index in [1.165, 1.54) is 12.5 Å². The summed E-state index contributed by atoms with van der Waals surface area (Å²) in [5.41, 5.74) is 5.71. The molecular formula is C4H4N4S. The third-order valence-electron chi connectivity index (χ3n) is 0.748. The van der Waals surface area contributed by atoms with Crippen LogP contribution in [0.4, 0.5) is 0 Å². The summed E-state index contributed by atoms with van der Waals surface area (Å²) in [7, 11) is 0. The Balaban J connectivity index is 2.98. The molecule has 1 rings (SSSR count). The highest BCUT2D eigenvalue weighted by molar-refractivity contribution is 7.80. The van der Waals surface area contributed by atoms with Crippen LogP contribution in [-0.4, -0.2) is 20.2 Å². The fourth-order valence-corrected chi connectivity index (χ4v) is 0.472. The lowest BCUT2D eigenvalue weighted by Crippen LogP contribution is -2.11. The van der Waals surface area contributed by atoms with Crippen LogP contribution < -0.4 is 5.73 Å². The van der Waals surface area contributed by atoms with Crippen molar-refractivity contribution in [2.45, 2.75) is 0 Å². The Hall–Kier alpha value is -1.10. The average Bonchev–Trinajstić information content (AvgIpc) is 1.90. The lowest BCUT2D eigenvalue weighted by Gasteiger charge is -1.90. The van der Waals surface area contributed by atoms with E-state index in [1.807, 2.05) is 0 Å². The summed E-state index contributed by atoms with van der Waals surface area (Å²) in [5, 5.41) is 6.98. The van der Waals surface area contributed by atoms with Gasteiger partial charge in [0.15, 0.2) is 0 Å². The smallest absolute Gasteiger partial charge is 0.138 e. The molecule has 0 aliphatic heterocycles. The Bertz CT molecular complexity index is 209. The van der Waals surface area contributed by atoms with Gasteiger partial charge in [-0.3, -0.25) is 0 Å². The molecule has 0 aliphatic rings. The van der Waals surface area contributed by atoms with Crippen LogP contribution >= 0.6 is 12.2 Å². The highest BCUT2D eigenvalue weighted by atomic mass is 32.1. The summed E-state index contributed by atoms with van der Waals surface area (Å²) >= 11 is 4.61. The SMILES string of the molecule is NC(=S)c1cnncn1. The molecule has 46 valence electrons. The van der Waals surface area contributed by atoms with Gasteiger partial charge in [-0.2, -0.15) is 5.10 Å². The zero-order valence-electron chi connectivity index (χ0n) is 4.48. The molecule has 0 unspecified atom stereocenters. The molecule has 1 heterocycles. The van der Waals surface area contributed by atoms with E-state index in [2.05, 4.69) is 27.4 Å². The zero-order chi connectivity index (χ0) is 6.69. The maximum atomic E-state index is 5.21. The van der Waals surface area contributed by atoms with Crippen LogP contribution in [0.1, 0.15) is 5.69 Å². The summed E-state index contributed by atoms with van der Waals surface area (Å²) in [6, 6.07) is 0. The van der Waals surface area contributed by atoms with Crippen LogP contribution in [0.5, 0.6) is 0 Å². The van der Waals surface area contributed by atoms with E-state index in [9.17, 15) is 0 Å². The topological polar surface area (TPSA) is 64.7 Å². The normalized spacial score (nSPS) is 8.89. The van der Waals surface area contributed by atoms with Gasteiger partial charge in [-0.15, -0.1) is 5.10 Å². The Kier molecular flexibility index (Phi) is 1.64. The number of rotatable bonds is 1. The molecule has 9 heavy (non-hydrogen) atoms. The molecule has 0 bridgehead atoms. The molecule has 4 nitrogen and oxygen atoms in total. The lowest BCUT2D eigenvalue weighted by molar-refractivity contribution is 0.961. The molecule has 0 amide bonds. The second-order valence-electron chi connectivity index (χ2n) is 1.35. The first-order valence-electron chi connectivity index (χ1n) is 2.23. The molecule has 2 N–H and O–H groups in total. The zero-order valence-corrected chi connectivity index (χ0v) is 5.30. The summed E-state index contributed by atoms with van der Waals surface area (Å²) in [5.74, 6) is 0. The summed E-state index contributed by atoms with van der Waals surface area (Å²) in [4.78, 5) is 3.98. The Morgan fingerprint density at radius 3 is 2.67 bits per heavy atom. The average molecular weight is 140 g/mol. The van der Waals surface area contributed by atoms with Crippen LogP contribution in [0.15, 0.2) is 12.5 Å². The number of nitrogens with zero attached hydrogens (tertiary/aromatic N) is 3. The highest BCUT2D eigenvalue weighted by Crippen LogP contribution is 1.85. The predicted octanol–water partition coefficient (Wildman–Crippen LogP) is -0.494. The first-order valence-corrected chi connectivity index (χ1v) is 2.64. The van der Waals surface area contributed by atoms with Crippen LogP contribution in [0.25, 0.3) is 0 Å². The molecule has 0 radical (unpaired) electrons. The third-order valence-corrected chi connectivity index (χ3v) is 0.957. The molecule has 0 aromatic carbocycles.